The summed E-state index contributed by atoms with van der Waals surface area (Å²) in [7, 11) is 2.14. The molecule has 0 radical (unpaired) electrons. The van der Waals surface area contributed by atoms with Gasteiger partial charge in [0.15, 0.2) is 0 Å². The molecule has 0 saturated carbocycles. The van der Waals surface area contributed by atoms with Crippen molar-refractivity contribution in [2.45, 2.75) is 18.9 Å². The Morgan fingerprint density at radius 3 is 2.70 bits per heavy atom. The SMILES string of the molecule is CN1CCCC1CNC(=O)c1cc(-c2ccccc2)c(N2CCOCC2)s1. The summed E-state index contributed by atoms with van der Waals surface area (Å²) in [5.41, 5.74) is 2.30. The standard InChI is InChI=1S/C21H27N3O2S/c1-23-9-5-8-17(23)15-22-20(25)19-14-18(16-6-3-2-4-7-16)21(27-19)24-10-12-26-13-11-24/h2-4,6-7,14,17H,5,8-13,15H2,1H3,(H,22,25). The molecule has 2 aromatic rings. The van der Waals surface area contributed by atoms with Crippen LogP contribution >= 0.6 is 11.3 Å². The van der Waals surface area contributed by atoms with Gasteiger partial charge in [0.1, 0.15) is 0 Å². The van der Waals surface area contributed by atoms with Crippen molar-refractivity contribution >= 4 is 22.2 Å². The third-order valence-electron chi connectivity index (χ3n) is 5.49. The fourth-order valence-electron chi connectivity index (χ4n) is 3.85. The first-order valence-corrected chi connectivity index (χ1v) is 10.5. The Kier molecular flexibility index (Phi) is 5.76. The van der Waals surface area contributed by atoms with E-state index < -0.39 is 0 Å². The zero-order chi connectivity index (χ0) is 18.6. The lowest BCUT2D eigenvalue weighted by molar-refractivity contribution is 0.0947. The van der Waals surface area contributed by atoms with Crippen LogP contribution in [-0.4, -0.2) is 63.3 Å². The first-order valence-electron chi connectivity index (χ1n) is 9.73. The van der Waals surface area contributed by atoms with Crippen LogP contribution in [0.3, 0.4) is 0 Å². The molecule has 1 N–H and O–H groups in total. The zero-order valence-corrected chi connectivity index (χ0v) is 16.6. The summed E-state index contributed by atoms with van der Waals surface area (Å²) in [6, 6.07) is 12.9. The molecule has 144 valence electrons. The van der Waals surface area contributed by atoms with E-state index in [0.717, 1.165) is 61.8 Å². The predicted octanol–water partition coefficient (Wildman–Crippen LogP) is 3.08. The number of nitrogens with one attached hydrogen (secondary N) is 1. The fourth-order valence-corrected chi connectivity index (χ4v) is 5.00. The monoisotopic (exact) mass is 385 g/mol. The van der Waals surface area contributed by atoms with Crippen LogP contribution in [-0.2, 0) is 4.74 Å². The molecule has 0 spiro atoms. The Morgan fingerprint density at radius 2 is 2.00 bits per heavy atom. The quantitative estimate of drug-likeness (QED) is 0.859. The number of thiophene rings is 1. The number of hydrogen-bond acceptors (Lipinski definition) is 5. The molecule has 27 heavy (non-hydrogen) atoms. The van der Waals surface area contributed by atoms with Gasteiger partial charge in [0.05, 0.1) is 23.1 Å². The molecule has 1 atom stereocenters. The minimum Gasteiger partial charge on any atom is -0.378 e. The van der Waals surface area contributed by atoms with Gasteiger partial charge < -0.3 is 19.9 Å². The van der Waals surface area contributed by atoms with Gasteiger partial charge in [0, 0.05) is 31.2 Å². The second-order valence-electron chi connectivity index (χ2n) is 7.28. The molecular weight excluding hydrogens is 358 g/mol. The Labute approximate surface area is 164 Å². The molecule has 1 unspecified atom stereocenters. The minimum absolute atomic E-state index is 0.0389. The van der Waals surface area contributed by atoms with E-state index in [4.69, 9.17) is 4.74 Å². The van der Waals surface area contributed by atoms with E-state index in [2.05, 4.69) is 40.4 Å². The number of hydrogen-bond donors (Lipinski definition) is 1. The fraction of sp³-hybridized carbons (Fsp3) is 0.476. The summed E-state index contributed by atoms with van der Waals surface area (Å²) in [6.45, 7) is 5.06. The van der Waals surface area contributed by atoms with E-state index in [1.807, 2.05) is 18.2 Å². The van der Waals surface area contributed by atoms with Crippen molar-refractivity contribution in [2.75, 3.05) is 51.3 Å². The van der Waals surface area contributed by atoms with Gasteiger partial charge >= 0.3 is 0 Å². The smallest absolute Gasteiger partial charge is 0.261 e. The number of morpholine rings is 1. The van der Waals surface area contributed by atoms with E-state index in [0.29, 0.717) is 6.04 Å². The number of carbonyl (C=O) groups excluding carboxylic acids is 1. The van der Waals surface area contributed by atoms with Gasteiger partial charge in [-0.15, -0.1) is 11.3 Å². The molecule has 5 nitrogen and oxygen atoms in total. The minimum atomic E-state index is 0.0389. The molecule has 1 amide bonds. The summed E-state index contributed by atoms with van der Waals surface area (Å²) in [6.07, 6.45) is 2.38. The zero-order valence-electron chi connectivity index (χ0n) is 15.8. The van der Waals surface area contributed by atoms with Crippen LogP contribution in [0.25, 0.3) is 11.1 Å². The van der Waals surface area contributed by atoms with Crippen LogP contribution in [0.2, 0.25) is 0 Å². The van der Waals surface area contributed by atoms with E-state index >= 15 is 0 Å². The maximum atomic E-state index is 12.8. The number of carbonyl (C=O) groups is 1. The lowest BCUT2D eigenvalue weighted by Gasteiger charge is -2.28. The van der Waals surface area contributed by atoms with Gasteiger partial charge in [-0.3, -0.25) is 4.79 Å². The molecule has 1 aromatic heterocycles. The number of amides is 1. The molecule has 2 aliphatic heterocycles. The molecular formula is C21H27N3O2S. The normalized spacial score (nSPS) is 20.8. The Balaban J connectivity index is 1.55. The molecule has 3 heterocycles. The number of anilines is 1. The summed E-state index contributed by atoms with van der Waals surface area (Å²) in [4.78, 5) is 18.3. The first-order chi connectivity index (χ1) is 13.2. The lowest BCUT2D eigenvalue weighted by Crippen LogP contribution is -2.38. The van der Waals surface area contributed by atoms with Crippen molar-refractivity contribution in [3.05, 3.63) is 41.3 Å². The molecule has 6 heteroatoms. The predicted molar refractivity (Wildman–Crippen MR) is 111 cm³/mol. The van der Waals surface area contributed by atoms with Crippen LogP contribution < -0.4 is 10.2 Å². The molecule has 2 fully saturated rings. The maximum Gasteiger partial charge on any atom is 0.261 e. The third kappa shape index (κ3) is 4.18. The number of benzene rings is 1. The van der Waals surface area contributed by atoms with Gasteiger partial charge in [0.2, 0.25) is 0 Å². The maximum absolute atomic E-state index is 12.8. The molecule has 2 aliphatic rings. The number of ether oxygens (including phenoxy) is 1. The van der Waals surface area contributed by atoms with Crippen molar-refractivity contribution in [1.82, 2.24) is 10.2 Å². The summed E-state index contributed by atoms with van der Waals surface area (Å²) in [5, 5.41) is 4.33. The van der Waals surface area contributed by atoms with E-state index in [1.54, 1.807) is 11.3 Å². The largest absolute Gasteiger partial charge is 0.378 e. The van der Waals surface area contributed by atoms with Crippen LogP contribution in [0.15, 0.2) is 36.4 Å². The number of likely N-dealkylation sites (tertiary alicyclic amines) is 1. The average Bonchev–Trinajstić information content (AvgIpc) is 3.34. The van der Waals surface area contributed by atoms with E-state index in [9.17, 15) is 4.79 Å². The van der Waals surface area contributed by atoms with E-state index in [-0.39, 0.29) is 5.91 Å². The highest BCUT2D eigenvalue weighted by molar-refractivity contribution is 7.18. The Hall–Kier alpha value is -1.89. The van der Waals surface area contributed by atoms with Crippen molar-refractivity contribution in [3.8, 4) is 11.1 Å². The van der Waals surface area contributed by atoms with Crippen molar-refractivity contribution < 1.29 is 9.53 Å². The van der Waals surface area contributed by atoms with Crippen LogP contribution in [0.4, 0.5) is 5.00 Å². The van der Waals surface area contributed by atoms with Crippen LogP contribution in [0.5, 0.6) is 0 Å². The second kappa shape index (κ2) is 8.42. The Morgan fingerprint density at radius 1 is 1.22 bits per heavy atom. The third-order valence-corrected chi connectivity index (χ3v) is 6.68. The second-order valence-corrected chi connectivity index (χ2v) is 8.31. The van der Waals surface area contributed by atoms with Gasteiger partial charge in [-0.25, -0.2) is 0 Å². The molecule has 4 rings (SSSR count). The summed E-state index contributed by atoms with van der Waals surface area (Å²) < 4.78 is 5.51. The first kappa shape index (κ1) is 18.5. The summed E-state index contributed by atoms with van der Waals surface area (Å²) in [5.74, 6) is 0.0389. The van der Waals surface area contributed by atoms with Gasteiger partial charge in [-0.2, -0.15) is 0 Å². The number of likely N-dealkylation sites (N-methyl/N-ethyl adjacent to an activating group) is 1. The molecule has 1 aromatic carbocycles. The van der Waals surface area contributed by atoms with Crippen LogP contribution in [0, 0.1) is 0 Å². The Bertz CT molecular complexity index is 771. The highest BCUT2D eigenvalue weighted by Gasteiger charge is 2.24. The van der Waals surface area contributed by atoms with Crippen LogP contribution in [0.1, 0.15) is 22.5 Å². The lowest BCUT2D eigenvalue weighted by atomic mass is 10.1. The average molecular weight is 386 g/mol. The number of rotatable bonds is 5. The number of nitrogens with zero attached hydrogens (tertiary/aromatic N) is 2. The highest BCUT2D eigenvalue weighted by atomic mass is 32.1. The highest BCUT2D eigenvalue weighted by Crippen LogP contribution is 2.39. The molecule has 0 aliphatic carbocycles. The summed E-state index contributed by atoms with van der Waals surface area (Å²) >= 11 is 1.60. The molecule has 2 saturated heterocycles. The molecule has 0 bridgehead atoms. The van der Waals surface area contributed by atoms with Crippen molar-refractivity contribution in [3.63, 3.8) is 0 Å². The topological polar surface area (TPSA) is 44.8 Å². The van der Waals surface area contributed by atoms with Gasteiger partial charge in [-0.1, -0.05) is 30.3 Å². The van der Waals surface area contributed by atoms with Crippen molar-refractivity contribution in [2.24, 2.45) is 0 Å². The van der Waals surface area contributed by atoms with Crippen molar-refractivity contribution in [1.29, 1.82) is 0 Å². The van der Waals surface area contributed by atoms with E-state index in [1.165, 1.54) is 11.4 Å². The van der Waals surface area contributed by atoms with Gasteiger partial charge in [0.25, 0.3) is 5.91 Å². The van der Waals surface area contributed by atoms with Gasteiger partial charge in [-0.05, 0) is 38.1 Å².